The molecule has 5 nitrogen and oxygen atoms in total. The molecule has 0 N–H and O–H groups in total. The number of rotatable bonds is 4. The molecule has 0 unspecified atom stereocenters. The van der Waals surface area contributed by atoms with Crippen molar-refractivity contribution in [3.05, 3.63) is 102 Å². The van der Waals surface area contributed by atoms with Gasteiger partial charge in [-0.1, -0.05) is 78.9 Å². The Kier molecular flexibility index (Phi) is 4.43. The first kappa shape index (κ1) is 18.3. The molecule has 0 radical (unpaired) electrons. The quantitative estimate of drug-likeness (QED) is 0.500. The third-order valence-electron chi connectivity index (χ3n) is 5.93. The predicted octanol–water partition coefficient (Wildman–Crippen LogP) is 3.58. The zero-order valence-corrected chi connectivity index (χ0v) is 16.2. The van der Waals surface area contributed by atoms with Gasteiger partial charge in [0, 0.05) is 6.54 Å². The molecule has 2 saturated heterocycles. The topological polar surface area (TPSA) is 57.7 Å². The maximum absolute atomic E-state index is 13.5. The molecular formula is C25H20N2O3. The molecule has 2 aliphatic heterocycles. The van der Waals surface area contributed by atoms with Crippen molar-refractivity contribution >= 4 is 23.4 Å². The van der Waals surface area contributed by atoms with Crippen LogP contribution in [0, 0.1) is 11.8 Å². The van der Waals surface area contributed by atoms with Gasteiger partial charge in [0.05, 0.1) is 17.6 Å². The second kappa shape index (κ2) is 7.26. The van der Waals surface area contributed by atoms with Gasteiger partial charge in [-0.05, 0) is 23.3 Å². The van der Waals surface area contributed by atoms with Crippen molar-refractivity contribution in [3.8, 4) is 0 Å². The van der Waals surface area contributed by atoms with E-state index in [0.29, 0.717) is 12.2 Å². The van der Waals surface area contributed by atoms with Crippen molar-refractivity contribution in [2.24, 2.45) is 11.8 Å². The average molecular weight is 396 g/mol. The summed E-state index contributed by atoms with van der Waals surface area (Å²) < 4.78 is 0. The number of nitrogens with zero attached hydrogens (tertiary/aromatic N) is 2. The zero-order valence-electron chi connectivity index (χ0n) is 16.2. The highest BCUT2D eigenvalue weighted by molar-refractivity contribution is 6.29. The fraction of sp³-hybridized carbons (Fsp3) is 0.160. The maximum atomic E-state index is 13.5. The molecule has 2 heterocycles. The lowest BCUT2D eigenvalue weighted by atomic mass is 9.88. The molecule has 2 aliphatic rings. The van der Waals surface area contributed by atoms with Gasteiger partial charge in [0.15, 0.2) is 0 Å². The summed E-state index contributed by atoms with van der Waals surface area (Å²) in [5.41, 5.74) is 2.34. The monoisotopic (exact) mass is 396 g/mol. The number of benzene rings is 3. The number of anilines is 1. The summed E-state index contributed by atoms with van der Waals surface area (Å²) in [5.74, 6) is -2.73. The second-order valence-corrected chi connectivity index (χ2v) is 7.66. The third kappa shape index (κ3) is 2.82. The number of likely N-dealkylation sites (tertiary alicyclic amines) is 1. The van der Waals surface area contributed by atoms with Crippen molar-refractivity contribution in [3.63, 3.8) is 0 Å². The maximum Gasteiger partial charge on any atom is 0.247 e. The predicted molar refractivity (Wildman–Crippen MR) is 112 cm³/mol. The van der Waals surface area contributed by atoms with Gasteiger partial charge in [0.2, 0.25) is 17.7 Å². The van der Waals surface area contributed by atoms with Crippen molar-refractivity contribution in [1.29, 1.82) is 0 Å². The number of amides is 3. The Morgan fingerprint density at radius 3 is 1.83 bits per heavy atom. The lowest BCUT2D eigenvalue weighted by Crippen LogP contribution is -2.39. The molecule has 0 aliphatic carbocycles. The minimum Gasteiger partial charge on any atom is -0.330 e. The Hall–Kier alpha value is -3.73. The number of hydrogen-bond donors (Lipinski definition) is 0. The van der Waals surface area contributed by atoms with E-state index >= 15 is 0 Å². The zero-order chi connectivity index (χ0) is 20.7. The molecule has 148 valence electrons. The van der Waals surface area contributed by atoms with E-state index in [4.69, 9.17) is 0 Å². The number of imide groups is 1. The van der Waals surface area contributed by atoms with Gasteiger partial charge < -0.3 is 4.90 Å². The molecule has 3 amide bonds. The minimum absolute atomic E-state index is 0.283. The fourth-order valence-electron chi connectivity index (χ4n) is 4.60. The molecule has 0 saturated carbocycles. The molecule has 5 heteroatoms. The lowest BCUT2D eigenvalue weighted by molar-refractivity contribution is -0.137. The number of fused-ring (bicyclic) bond motifs is 1. The Bertz CT molecular complexity index is 1100. The van der Waals surface area contributed by atoms with Crippen LogP contribution in [0.15, 0.2) is 91.0 Å². The highest BCUT2D eigenvalue weighted by atomic mass is 16.2. The minimum atomic E-state index is -0.980. The Morgan fingerprint density at radius 1 is 0.633 bits per heavy atom. The SMILES string of the molecule is O=C1[C@H]2C(=O)N(Cc3ccccc3)[C@H](c3ccccc3)[C@H]2C(=O)N1c1ccccc1. The van der Waals surface area contributed by atoms with Crippen LogP contribution in [0.25, 0.3) is 0 Å². The number of hydrogen-bond acceptors (Lipinski definition) is 3. The van der Waals surface area contributed by atoms with Crippen molar-refractivity contribution in [2.45, 2.75) is 12.6 Å². The standard InChI is InChI=1S/C25H20N2O3/c28-23-21-20(24(29)27(25(21)30)19-14-8-3-9-15-19)22(18-12-6-2-7-13-18)26(23)16-17-10-4-1-5-11-17/h1-15,20-22H,16H2/t20-,21+,22+/m0/s1. The van der Waals surface area contributed by atoms with E-state index in [2.05, 4.69) is 0 Å². The third-order valence-corrected chi connectivity index (χ3v) is 5.93. The van der Waals surface area contributed by atoms with Crippen LogP contribution < -0.4 is 4.90 Å². The summed E-state index contributed by atoms with van der Waals surface area (Å²) in [7, 11) is 0. The molecule has 0 spiro atoms. The first-order valence-electron chi connectivity index (χ1n) is 9.99. The van der Waals surface area contributed by atoms with Crippen LogP contribution in [-0.2, 0) is 20.9 Å². The van der Waals surface area contributed by atoms with Crippen LogP contribution in [0.2, 0.25) is 0 Å². The van der Waals surface area contributed by atoms with Crippen LogP contribution in [0.3, 0.4) is 0 Å². The van der Waals surface area contributed by atoms with E-state index in [0.717, 1.165) is 11.1 Å². The summed E-state index contributed by atoms with van der Waals surface area (Å²) in [4.78, 5) is 43.0. The van der Waals surface area contributed by atoms with Gasteiger partial charge in [-0.15, -0.1) is 0 Å². The van der Waals surface area contributed by atoms with Gasteiger partial charge in [-0.3, -0.25) is 14.4 Å². The van der Waals surface area contributed by atoms with Crippen LogP contribution in [0.4, 0.5) is 5.69 Å². The normalized spacial score (nSPS) is 23.2. The fourth-order valence-corrected chi connectivity index (χ4v) is 4.60. The molecule has 3 aromatic carbocycles. The van der Waals surface area contributed by atoms with Gasteiger partial charge >= 0.3 is 0 Å². The number of carbonyl (C=O) groups is 3. The van der Waals surface area contributed by atoms with E-state index in [1.54, 1.807) is 29.2 Å². The van der Waals surface area contributed by atoms with E-state index in [1.165, 1.54) is 4.90 Å². The molecular weight excluding hydrogens is 376 g/mol. The van der Waals surface area contributed by atoms with E-state index in [1.807, 2.05) is 66.7 Å². The smallest absolute Gasteiger partial charge is 0.247 e. The average Bonchev–Trinajstić information content (AvgIpc) is 3.22. The van der Waals surface area contributed by atoms with Gasteiger partial charge in [-0.25, -0.2) is 4.90 Å². The van der Waals surface area contributed by atoms with Crippen molar-refractivity contribution in [2.75, 3.05) is 4.90 Å². The van der Waals surface area contributed by atoms with Gasteiger partial charge in [0.25, 0.3) is 0 Å². The summed E-state index contributed by atoms with van der Waals surface area (Å²) in [6.07, 6.45) is 0. The van der Waals surface area contributed by atoms with Gasteiger partial charge in [0.1, 0.15) is 5.92 Å². The lowest BCUT2D eigenvalue weighted by Gasteiger charge is -2.29. The molecule has 0 bridgehead atoms. The first-order valence-corrected chi connectivity index (χ1v) is 9.99. The summed E-state index contributed by atoms with van der Waals surface area (Å²) >= 11 is 0. The van der Waals surface area contributed by atoms with E-state index < -0.39 is 23.8 Å². The van der Waals surface area contributed by atoms with E-state index in [-0.39, 0.29) is 11.8 Å². The highest BCUT2D eigenvalue weighted by Gasteiger charge is 2.62. The van der Waals surface area contributed by atoms with E-state index in [9.17, 15) is 14.4 Å². The Morgan fingerprint density at radius 2 is 1.20 bits per heavy atom. The number of carbonyl (C=O) groups excluding carboxylic acids is 3. The molecule has 5 rings (SSSR count). The van der Waals surface area contributed by atoms with Crippen LogP contribution in [0.1, 0.15) is 17.2 Å². The molecule has 0 aromatic heterocycles. The molecule has 30 heavy (non-hydrogen) atoms. The Balaban J connectivity index is 1.58. The molecule has 3 aromatic rings. The largest absolute Gasteiger partial charge is 0.330 e. The van der Waals surface area contributed by atoms with Crippen molar-refractivity contribution < 1.29 is 14.4 Å². The Labute approximate surface area is 174 Å². The molecule has 2 fully saturated rings. The van der Waals surface area contributed by atoms with Crippen LogP contribution >= 0.6 is 0 Å². The second-order valence-electron chi connectivity index (χ2n) is 7.66. The van der Waals surface area contributed by atoms with Gasteiger partial charge in [-0.2, -0.15) is 0 Å². The van der Waals surface area contributed by atoms with Crippen LogP contribution in [-0.4, -0.2) is 22.6 Å². The summed E-state index contributed by atoms with van der Waals surface area (Å²) in [6.45, 7) is 0.359. The number of para-hydroxylation sites is 1. The summed E-state index contributed by atoms with van der Waals surface area (Å²) in [6, 6.07) is 27.5. The van der Waals surface area contributed by atoms with Crippen molar-refractivity contribution in [1.82, 2.24) is 4.90 Å². The van der Waals surface area contributed by atoms with Crippen LogP contribution in [0.5, 0.6) is 0 Å². The highest BCUT2D eigenvalue weighted by Crippen LogP contribution is 2.48. The molecule has 3 atom stereocenters. The summed E-state index contributed by atoms with van der Waals surface area (Å²) in [5, 5.41) is 0. The first-order chi connectivity index (χ1) is 14.7.